The lowest BCUT2D eigenvalue weighted by atomic mass is 9.76. The van der Waals surface area contributed by atoms with E-state index in [1.165, 1.54) is 12.1 Å². The number of ether oxygens (including phenoxy) is 1. The number of nitrogens with one attached hydrogen (secondary N) is 1. The number of carbonyl (C=O) groups excluding carboxylic acids is 2. The maximum Gasteiger partial charge on any atom is 0.573 e. The Labute approximate surface area is 136 Å². The summed E-state index contributed by atoms with van der Waals surface area (Å²) in [5.74, 6) is -1.99. The largest absolute Gasteiger partial charge is 0.573 e. The van der Waals surface area contributed by atoms with Gasteiger partial charge in [-0.15, -0.1) is 13.2 Å². The summed E-state index contributed by atoms with van der Waals surface area (Å²) in [6.07, 6.45) is -4.49. The number of aliphatic hydroxyl groups excluding tert-OH is 1. The van der Waals surface area contributed by atoms with Crippen LogP contribution in [-0.4, -0.2) is 23.2 Å². The SMILES string of the molecule is CC1(C)CC(=O)C(C(=O)Nc2ccc(OC(F)(F)F)cc2)=C(O)C1. The van der Waals surface area contributed by atoms with Crippen LogP contribution in [0.25, 0.3) is 0 Å². The third kappa shape index (κ3) is 4.50. The number of rotatable bonds is 3. The highest BCUT2D eigenvalue weighted by Crippen LogP contribution is 2.36. The van der Waals surface area contributed by atoms with Gasteiger partial charge in [-0.2, -0.15) is 0 Å². The average Bonchev–Trinajstić information content (AvgIpc) is 2.36. The van der Waals surface area contributed by atoms with E-state index in [4.69, 9.17) is 0 Å². The van der Waals surface area contributed by atoms with Crippen LogP contribution < -0.4 is 10.1 Å². The van der Waals surface area contributed by atoms with E-state index < -0.39 is 29.2 Å². The van der Waals surface area contributed by atoms with Crippen molar-refractivity contribution in [3.63, 3.8) is 0 Å². The van der Waals surface area contributed by atoms with E-state index >= 15 is 0 Å². The van der Waals surface area contributed by atoms with E-state index in [1.807, 2.05) is 0 Å². The summed E-state index contributed by atoms with van der Waals surface area (Å²) in [6, 6.07) is 4.47. The second-order valence-corrected chi connectivity index (χ2v) is 6.29. The highest BCUT2D eigenvalue weighted by atomic mass is 19.4. The number of anilines is 1. The summed E-state index contributed by atoms with van der Waals surface area (Å²) >= 11 is 0. The third-order valence-corrected chi connectivity index (χ3v) is 3.43. The van der Waals surface area contributed by atoms with Crippen molar-refractivity contribution >= 4 is 17.4 Å². The summed E-state index contributed by atoms with van der Waals surface area (Å²) in [5.41, 5.74) is -0.570. The highest BCUT2D eigenvalue weighted by molar-refractivity contribution is 6.24. The number of amides is 1. The highest BCUT2D eigenvalue weighted by Gasteiger charge is 2.36. The fourth-order valence-corrected chi connectivity index (χ4v) is 2.48. The zero-order valence-electron chi connectivity index (χ0n) is 13.0. The zero-order valence-corrected chi connectivity index (χ0v) is 13.0. The van der Waals surface area contributed by atoms with Gasteiger partial charge < -0.3 is 15.2 Å². The average molecular weight is 343 g/mol. The number of alkyl halides is 3. The van der Waals surface area contributed by atoms with Gasteiger partial charge in [0.15, 0.2) is 5.78 Å². The van der Waals surface area contributed by atoms with E-state index in [0.29, 0.717) is 0 Å². The van der Waals surface area contributed by atoms with Crippen molar-refractivity contribution in [3.8, 4) is 5.75 Å². The Morgan fingerprint density at radius 3 is 2.29 bits per heavy atom. The molecule has 0 spiro atoms. The van der Waals surface area contributed by atoms with Crippen LogP contribution in [0.5, 0.6) is 5.75 Å². The first-order valence-corrected chi connectivity index (χ1v) is 7.09. The molecule has 1 aliphatic rings. The summed E-state index contributed by atoms with van der Waals surface area (Å²) in [5, 5.41) is 12.3. The van der Waals surface area contributed by atoms with E-state index in [2.05, 4.69) is 10.1 Å². The van der Waals surface area contributed by atoms with Crippen LogP contribution in [-0.2, 0) is 9.59 Å². The van der Waals surface area contributed by atoms with E-state index in [1.54, 1.807) is 13.8 Å². The van der Waals surface area contributed by atoms with Gasteiger partial charge in [-0.1, -0.05) is 13.8 Å². The number of aliphatic hydroxyl groups is 1. The van der Waals surface area contributed by atoms with Crippen molar-refractivity contribution in [1.29, 1.82) is 0 Å². The molecule has 5 nitrogen and oxygen atoms in total. The van der Waals surface area contributed by atoms with Crippen LogP contribution in [0, 0.1) is 5.41 Å². The number of allylic oxidation sites excluding steroid dienone is 1. The molecule has 0 atom stereocenters. The van der Waals surface area contributed by atoms with Crippen LogP contribution >= 0.6 is 0 Å². The van der Waals surface area contributed by atoms with Crippen molar-refractivity contribution in [2.45, 2.75) is 33.1 Å². The van der Waals surface area contributed by atoms with Gasteiger partial charge in [0.05, 0.1) is 0 Å². The first-order valence-electron chi connectivity index (χ1n) is 7.09. The van der Waals surface area contributed by atoms with Gasteiger partial charge in [0.1, 0.15) is 17.1 Å². The number of benzene rings is 1. The Morgan fingerprint density at radius 2 is 1.79 bits per heavy atom. The fraction of sp³-hybridized carbons (Fsp3) is 0.375. The molecule has 0 bridgehead atoms. The van der Waals surface area contributed by atoms with Crippen molar-refractivity contribution in [3.05, 3.63) is 35.6 Å². The van der Waals surface area contributed by atoms with Crippen molar-refractivity contribution < 1.29 is 32.6 Å². The second-order valence-electron chi connectivity index (χ2n) is 6.29. The van der Waals surface area contributed by atoms with Crippen LogP contribution in [0.2, 0.25) is 0 Å². The summed E-state index contributed by atoms with van der Waals surface area (Å²) in [4.78, 5) is 24.2. The lowest BCUT2D eigenvalue weighted by Gasteiger charge is -2.29. The molecular weight excluding hydrogens is 327 g/mol. The van der Waals surface area contributed by atoms with Gasteiger partial charge in [-0.05, 0) is 29.7 Å². The van der Waals surface area contributed by atoms with Gasteiger partial charge >= 0.3 is 6.36 Å². The predicted molar refractivity (Wildman–Crippen MR) is 79.4 cm³/mol. The maximum atomic E-state index is 12.2. The van der Waals surface area contributed by atoms with E-state index in [-0.39, 0.29) is 29.9 Å². The van der Waals surface area contributed by atoms with Gasteiger partial charge in [-0.25, -0.2) is 0 Å². The Balaban J connectivity index is 2.11. The number of hydrogen-bond donors (Lipinski definition) is 2. The Kier molecular flexibility index (Phi) is 4.59. The molecular formula is C16H16F3NO4. The molecule has 24 heavy (non-hydrogen) atoms. The number of ketones is 1. The lowest BCUT2D eigenvalue weighted by Crippen LogP contribution is -2.31. The molecule has 0 radical (unpaired) electrons. The first kappa shape index (κ1) is 17.8. The molecule has 0 fully saturated rings. The Hall–Kier alpha value is -2.51. The molecule has 0 saturated carbocycles. The van der Waals surface area contributed by atoms with E-state index in [0.717, 1.165) is 12.1 Å². The monoisotopic (exact) mass is 343 g/mol. The molecule has 8 heteroatoms. The maximum absolute atomic E-state index is 12.2. The van der Waals surface area contributed by atoms with Crippen LogP contribution in [0.1, 0.15) is 26.7 Å². The van der Waals surface area contributed by atoms with Crippen molar-refractivity contribution in [2.24, 2.45) is 5.41 Å². The zero-order chi connectivity index (χ0) is 18.1. The molecule has 2 rings (SSSR count). The molecule has 1 amide bonds. The topological polar surface area (TPSA) is 75.6 Å². The van der Waals surface area contributed by atoms with Crippen LogP contribution in [0.3, 0.4) is 0 Å². The molecule has 1 aromatic carbocycles. The first-order chi connectivity index (χ1) is 11.0. The van der Waals surface area contributed by atoms with Gasteiger partial charge in [-0.3, -0.25) is 9.59 Å². The quantitative estimate of drug-likeness (QED) is 0.820. The molecule has 1 aromatic rings. The number of halogens is 3. The summed E-state index contributed by atoms with van der Waals surface area (Å²) in [6.45, 7) is 3.60. The van der Waals surface area contributed by atoms with E-state index in [9.17, 15) is 27.9 Å². The van der Waals surface area contributed by atoms with Gasteiger partial charge in [0.25, 0.3) is 5.91 Å². The Morgan fingerprint density at radius 1 is 1.21 bits per heavy atom. The number of hydrogen-bond acceptors (Lipinski definition) is 4. The smallest absolute Gasteiger partial charge is 0.511 e. The van der Waals surface area contributed by atoms with Gasteiger partial charge in [0.2, 0.25) is 0 Å². The molecule has 130 valence electrons. The normalized spacial score (nSPS) is 17.6. The predicted octanol–water partition coefficient (Wildman–Crippen LogP) is 3.72. The number of carbonyl (C=O) groups is 2. The van der Waals surface area contributed by atoms with Crippen LogP contribution in [0.15, 0.2) is 35.6 Å². The number of Topliss-reactive ketones (excluding diaryl/α,β-unsaturated/α-hetero) is 1. The molecule has 0 unspecified atom stereocenters. The molecule has 0 heterocycles. The van der Waals surface area contributed by atoms with Crippen LogP contribution in [0.4, 0.5) is 18.9 Å². The van der Waals surface area contributed by atoms with Crippen molar-refractivity contribution in [2.75, 3.05) is 5.32 Å². The fourth-order valence-electron chi connectivity index (χ4n) is 2.48. The standard InChI is InChI=1S/C16H16F3NO4/c1-15(2)7-11(21)13(12(22)8-15)14(23)20-9-3-5-10(6-4-9)24-16(17,18)19/h3-6,21H,7-8H2,1-2H3,(H,20,23). The Bertz CT molecular complexity index is 690. The van der Waals surface area contributed by atoms with Gasteiger partial charge in [0, 0.05) is 18.5 Å². The lowest BCUT2D eigenvalue weighted by molar-refractivity contribution is -0.274. The minimum absolute atomic E-state index is 0.123. The molecule has 0 saturated heterocycles. The molecule has 2 N–H and O–H groups in total. The third-order valence-electron chi connectivity index (χ3n) is 3.43. The molecule has 0 aliphatic heterocycles. The summed E-state index contributed by atoms with van der Waals surface area (Å²) in [7, 11) is 0. The minimum Gasteiger partial charge on any atom is -0.511 e. The summed E-state index contributed by atoms with van der Waals surface area (Å²) < 4.78 is 40.0. The minimum atomic E-state index is -4.80. The molecule has 1 aliphatic carbocycles. The van der Waals surface area contributed by atoms with Crippen molar-refractivity contribution in [1.82, 2.24) is 0 Å². The molecule has 0 aromatic heterocycles. The second kappa shape index (κ2) is 6.18.